The van der Waals surface area contributed by atoms with Crippen molar-refractivity contribution < 1.29 is 24.2 Å². The predicted octanol–water partition coefficient (Wildman–Crippen LogP) is 5.97. The highest BCUT2D eigenvalue weighted by atomic mass is 35.5. The lowest BCUT2D eigenvalue weighted by molar-refractivity contribution is -0.000595. The third-order valence-electron chi connectivity index (χ3n) is 5.92. The number of amides is 3. The number of benzene rings is 2. The van der Waals surface area contributed by atoms with Crippen LogP contribution in [0.2, 0.25) is 10.0 Å². The third kappa shape index (κ3) is 6.96. The minimum atomic E-state index is -1.07. The molecule has 0 spiro atoms. The van der Waals surface area contributed by atoms with E-state index in [0.29, 0.717) is 32.6 Å². The molecule has 1 aliphatic rings. The Bertz CT molecular complexity index is 1410. The summed E-state index contributed by atoms with van der Waals surface area (Å²) in [6.45, 7) is 5.69. The van der Waals surface area contributed by atoms with Crippen molar-refractivity contribution in [2.24, 2.45) is 0 Å². The summed E-state index contributed by atoms with van der Waals surface area (Å²) >= 11 is 12.1. The van der Waals surface area contributed by atoms with Crippen molar-refractivity contribution in [3.05, 3.63) is 76.2 Å². The van der Waals surface area contributed by atoms with Gasteiger partial charge in [-0.25, -0.2) is 19.6 Å². The van der Waals surface area contributed by atoms with Crippen LogP contribution < -0.4 is 5.32 Å². The van der Waals surface area contributed by atoms with E-state index in [1.54, 1.807) is 63.2 Å². The highest BCUT2D eigenvalue weighted by Gasteiger charge is 2.36. The van der Waals surface area contributed by atoms with Gasteiger partial charge in [0.15, 0.2) is 0 Å². The molecule has 3 aromatic rings. The van der Waals surface area contributed by atoms with E-state index in [2.05, 4.69) is 15.3 Å². The van der Waals surface area contributed by atoms with Gasteiger partial charge in [-0.3, -0.25) is 9.69 Å². The topological polar surface area (TPSA) is 125 Å². The monoisotopic (exact) mass is 571 g/mol. The van der Waals surface area contributed by atoms with Crippen molar-refractivity contribution >= 4 is 47.0 Å². The zero-order valence-corrected chi connectivity index (χ0v) is 23.0. The average Bonchev–Trinajstić information content (AvgIpc) is 2.89. The molecule has 10 nitrogen and oxygen atoms in total. The summed E-state index contributed by atoms with van der Waals surface area (Å²) < 4.78 is 5.56. The van der Waals surface area contributed by atoms with Crippen LogP contribution in [0.1, 0.15) is 42.9 Å². The van der Waals surface area contributed by atoms with Gasteiger partial charge in [0.05, 0.1) is 21.8 Å². The molecule has 0 aliphatic carbocycles. The Morgan fingerprint density at radius 3 is 2.49 bits per heavy atom. The average molecular weight is 572 g/mol. The number of ether oxygens (including phenoxy) is 1. The Morgan fingerprint density at radius 1 is 1.03 bits per heavy atom. The summed E-state index contributed by atoms with van der Waals surface area (Å²) in [6, 6.07) is 12.8. The van der Waals surface area contributed by atoms with E-state index in [4.69, 9.17) is 27.9 Å². The van der Waals surface area contributed by atoms with Crippen molar-refractivity contribution in [3.8, 4) is 11.3 Å². The van der Waals surface area contributed by atoms with Crippen LogP contribution in [0, 0.1) is 0 Å². The number of hydrogen-bond donors (Lipinski definition) is 2. The number of hydrogen-bond acceptors (Lipinski definition) is 6. The second-order valence-electron chi connectivity index (χ2n) is 9.92. The second-order valence-corrected chi connectivity index (χ2v) is 10.7. The van der Waals surface area contributed by atoms with E-state index in [0.717, 1.165) is 0 Å². The molecule has 12 heteroatoms. The van der Waals surface area contributed by atoms with Crippen LogP contribution in [0.4, 0.5) is 15.3 Å². The number of anilines is 1. The van der Waals surface area contributed by atoms with Gasteiger partial charge in [-0.1, -0.05) is 41.4 Å². The minimum absolute atomic E-state index is 0.0604. The Balaban J connectivity index is 1.56. The molecule has 0 saturated carbocycles. The summed E-state index contributed by atoms with van der Waals surface area (Å²) in [7, 11) is 0. The first-order chi connectivity index (χ1) is 18.4. The fourth-order valence-corrected chi connectivity index (χ4v) is 4.39. The molecule has 1 fully saturated rings. The molecule has 3 amide bonds. The van der Waals surface area contributed by atoms with Gasteiger partial charge in [0.25, 0.3) is 5.91 Å². The number of carboxylic acid groups (broad SMARTS) is 1. The first-order valence-electron chi connectivity index (χ1n) is 12.1. The SMILES string of the molecule is CC(C)(C)OC(=O)N1CCN(C(=O)O)CC1c1cccc(NC(=O)c2cc(-c3ccc(Cl)c(Cl)c3)ncn2)c1. The number of piperazine rings is 1. The van der Waals surface area contributed by atoms with Crippen LogP contribution in [-0.2, 0) is 4.74 Å². The van der Waals surface area contributed by atoms with Crippen LogP contribution in [0.5, 0.6) is 0 Å². The van der Waals surface area contributed by atoms with Crippen molar-refractivity contribution in [1.29, 1.82) is 0 Å². The number of rotatable bonds is 4. The lowest BCUT2D eigenvalue weighted by Gasteiger charge is -2.41. The Hall–Kier alpha value is -3.89. The smallest absolute Gasteiger partial charge is 0.410 e. The Morgan fingerprint density at radius 2 is 1.79 bits per heavy atom. The van der Waals surface area contributed by atoms with Crippen LogP contribution in [0.15, 0.2) is 54.9 Å². The maximum atomic E-state index is 13.1. The molecule has 1 aliphatic heterocycles. The summed E-state index contributed by atoms with van der Waals surface area (Å²) in [6.07, 6.45) is -0.331. The zero-order valence-electron chi connectivity index (χ0n) is 21.5. The standard InChI is InChI=1S/C27H27Cl2N5O5/c1-27(2,3)39-26(38)34-10-9-33(25(36)37)14-23(34)17-5-4-6-18(11-17)32-24(35)22-13-21(30-15-31-22)16-7-8-19(28)20(29)12-16/h4-8,11-13,15,23H,9-10,14H2,1-3H3,(H,32,35)(H,36,37). The largest absolute Gasteiger partial charge is 0.465 e. The van der Waals surface area contributed by atoms with Gasteiger partial charge in [-0.2, -0.15) is 0 Å². The van der Waals surface area contributed by atoms with Crippen molar-refractivity contribution in [3.63, 3.8) is 0 Å². The number of carbonyl (C=O) groups is 3. The van der Waals surface area contributed by atoms with Gasteiger partial charge in [0.2, 0.25) is 0 Å². The number of nitrogens with one attached hydrogen (secondary N) is 1. The molecule has 1 aromatic heterocycles. The third-order valence-corrected chi connectivity index (χ3v) is 6.66. The van der Waals surface area contributed by atoms with E-state index in [9.17, 15) is 19.5 Å². The lowest BCUT2D eigenvalue weighted by Crippen LogP contribution is -2.53. The molecule has 1 saturated heterocycles. The molecule has 39 heavy (non-hydrogen) atoms. The normalized spacial score (nSPS) is 15.6. The molecule has 204 valence electrons. The second kappa shape index (κ2) is 11.5. The van der Waals surface area contributed by atoms with Gasteiger partial charge in [-0.05, 0) is 56.7 Å². The first-order valence-corrected chi connectivity index (χ1v) is 12.8. The summed E-state index contributed by atoms with van der Waals surface area (Å²) in [5, 5.41) is 13.1. The predicted molar refractivity (Wildman–Crippen MR) is 147 cm³/mol. The van der Waals surface area contributed by atoms with Crippen molar-refractivity contribution in [2.75, 3.05) is 25.0 Å². The Labute approximate surface area is 235 Å². The van der Waals surface area contributed by atoms with E-state index in [-0.39, 0.29) is 25.3 Å². The van der Waals surface area contributed by atoms with Gasteiger partial charge < -0.3 is 20.1 Å². The molecule has 2 N–H and O–H groups in total. The van der Waals surface area contributed by atoms with Crippen molar-refractivity contribution in [2.45, 2.75) is 32.4 Å². The number of halogens is 2. The highest BCUT2D eigenvalue weighted by Crippen LogP contribution is 2.30. The number of carbonyl (C=O) groups excluding carboxylic acids is 2. The van der Waals surface area contributed by atoms with E-state index in [1.807, 2.05) is 0 Å². The molecular weight excluding hydrogens is 545 g/mol. The van der Waals surface area contributed by atoms with Crippen LogP contribution in [0.3, 0.4) is 0 Å². The maximum absolute atomic E-state index is 13.1. The molecule has 4 rings (SSSR count). The van der Waals surface area contributed by atoms with Crippen LogP contribution in [-0.4, -0.2) is 68.2 Å². The summed E-state index contributed by atoms with van der Waals surface area (Å²) in [5.41, 5.74) is 1.67. The fourth-order valence-electron chi connectivity index (χ4n) is 4.09. The first kappa shape index (κ1) is 28.1. The quantitative estimate of drug-likeness (QED) is 0.394. The highest BCUT2D eigenvalue weighted by molar-refractivity contribution is 6.42. The van der Waals surface area contributed by atoms with E-state index in [1.165, 1.54) is 22.2 Å². The van der Waals surface area contributed by atoms with E-state index >= 15 is 0 Å². The molecular formula is C27H27Cl2N5O5. The van der Waals surface area contributed by atoms with Gasteiger partial charge in [0.1, 0.15) is 17.6 Å². The van der Waals surface area contributed by atoms with Crippen LogP contribution >= 0.6 is 23.2 Å². The fraction of sp³-hybridized carbons (Fsp3) is 0.296. The molecule has 1 unspecified atom stereocenters. The zero-order chi connectivity index (χ0) is 28.3. The van der Waals surface area contributed by atoms with Crippen LogP contribution in [0.25, 0.3) is 11.3 Å². The molecule has 2 heterocycles. The van der Waals surface area contributed by atoms with Gasteiger partial charge >= 0.3 is 12.2 Å². The Kier molecular flexibility index (Phi) is 8.27. The maximum Gasteiger partial charge on any atom is 0.410 e. The lowest BCUT2D eigenvalue weighted by atomic mass is 10.0. The summed E-state index contributed by atoms with van der Waals surface area (Å²) in [4.78, 5) is 48.8. The molecule has 0 bridgehead atoms. The molecule has 1 atom stereocenters. The number of nitrogens with zero attached hydrogens (tertiary/aromatic N) is 4. The molecule has 0 radical (unpaired) electrons. The minimum Gasteiger partial charge on any atom is -0.465 e. The molecule has 2 aromatic carbocycles. The van der Waals surface area contributed by atoms with E-state index < -0.39 is 29.7 Å². The number of aromatic nitrogens is 2. The summed E-state index contributed by atoms with van der Waals surface area (Å²) in [5.74, 6) is -0.476. The van der Waals surface area contributed by atoms with Crippen molar-refractivity contribution in [1.82, 2.24) is 19.8 Å². The van der Waals surface area contributed by atoms with Gasteiger partial charge in [0, 0.05) is 30.9 Å². The van der Waals surface area contributed by atoms with Gasteiger partial charge in [-0.15, -0.1) is 0 Å².